The van der Waals surface area contributed by atoms with Gasteiger partial charge < -0.3 is 9.52 Å². The smallest absolute Gasteiger partial charge is 0.408 e. The SMILES string of the molecule is CCn1c(=O)oc2cc(C(O)c3cc(C)c(C)s3)ccc21. The van der Waals surface area contributed by atoms with Gasteiger partial charge in [-0.2, -0.15) is 0 Å². The van der Waals surface area contributed by atoms with Crippen LogP contribution in [0.1, 0.15) is 33.9 Å². The van der Waals surface area contributed by atoms with Crippen molar-refractivity contribution in [2.75, 3.05) is 0 Å². The average Bonchev–Trinajstić information content (AvgIpc) is 2.96. The lowest BCUT2D eigenvalue weighted by atomic mass is 10.1. The third-order valence-electron chi connectivity index (χ3n) is 3.78. The Morgan fingerprint density at radius 1 is 1.33 bits per heavy atom. The van der Waals surface area contributed by atoms with Crippen LogP contribution in [-0.2, 0) is 6.54 Å². The number of nitrogens with zero attached hydrogens (tertiary/aromatic N) is 1. The van der Waals surface area contributed by atoms with Crippen molar-refractivity contribution in [3.63, 3.8) is 0 Å². The highest BCUT2D eigenvalue weighted by molar-refractivity contribution is 7.12. The van der Waals surface area contributed by atoms with Gasteiger partial charge in [-0.15, -0.1) is 11.3 Å². The van der Waals surface area contributed by atoms with Gasteiger partial charge >= 0.3 is 5.76 Å². The van der Waals surface area contributed by atoms with E-state index in [1.165, 1.54) is 10.4 Å². The van der Waals surface area contributed by atoms with Gasteiger partial charge in [0.1, 0.15) is 6.10 Å². The molecule has 21 heavy (non-hydrogen) atoms. The minimum atomic E-state index is -0.693. The summed E-state index contributed by atoms with van der Waals surface area (Å²) in [5.74, 6) is -0.359. The highest BCUT2D eigenvalue weighted by Crippen LogP contribution is 2.31. The van der Waals surface area contributed by atoms with E-state index in [0.29, 0.717) is 12.1 Å². The first-order valence-electron chi connectivity index (χ1n) is 6.89. The van der Waals surface area contributed by atoms with Crippen LogP contribution in [0.4, 0.5) is 0 Å². The van der Waals surface area contributed by atoms with Crippen LogP contribution in [0.5, 0.6) is 0 Å². The molecule has 3 rings (SSSR count). The van der Waals surface area contributed by atoms with E-state index in [0.717, 1.165) is 16.0 Å². The molecule has 0 radical (unpaired) electrons. The topological polar surface area (TPSA) is 55.4 Å². The van der Waals surface area contributed by atoms with Crippen molar-refractivity contribution in [3.05, 3.63) is 55.7 Å². The van der Waals surface area contributed by atoms with Crippen molar-refractivity contribution < 1.29 is 9.52 Å². The van der Waals surface area contributed by atoms with E-state index in [-0.39, 0.29) is 5.76 Å². The molecular weight excluding hydrogens is 286 g/mol. The molecule has 0 aliphatic carbocycles. The van der Waals surface area contributed by atoms with Crippen LogP contribution in [0.3, 0.4) is 0 Å². The molecule has 2 heterocycles. The average molecular weight is 303 g/mol. The quantitative estimate of drug-likeness (QED) is 0.807. The lowest BCUT2D eigenvalue weighted by molar-refractivity contribution is 0.224. The molecule has 1 unspecified atom stereocenters. The van der Waals surface area contributed by atoms with Gasteiger partial charge in [-0.3, -0.25) is 4.57 Å². The molecule has 1 atom stereocenters. The van der Waals surface area contributed by atoms with Gasteiger partial charge in [-0.25, -0.2) is 4.79 Å². The van der Waals surface area contributed by atoms with E-state index >= 15 is 0 Å². The molecule has 2 aromatic heterocycles. The van der Waals surface area contributed by atoms with Gasteiger partial charge in [0, 0.05) is 16.3 Å². The van der Waals surface area contributed by atoms with Crippen LogP contribution in [-0.4, -0.2) is 9.67 Å². The number of oxazole rings is 1. The number of aliphatic hydroxyl groups excluding tert-OH is 1. The standard InChI is InChI=1S/C16H17NO3S/c1-4-17-12-6-5-11(8-13(12)20-16(17)19)15(18)14-7-9(2)10(3)21-14/h5-8,15,18H,4H2,1-3H3. The van der Waals surface area contributed by atoms with Crippen LogP contribution in [0.25, 0.3) is 11.1 Å². The van der Waals surface area contributed by atoms with Crippen molar-refractivity contribution in [1.82, 2.24) is 4.57 Å². The first-order valence-corrected chi connectivity index (χ1v) is 7.71. The Kier molecular flexibility index (Phi) is 3.47. The fourth-order valence-electron chi connectivity index (χ4n) is 2.45. The monoisotopic (exact) mass is 303 g/mol. The van der Waals surface area contributed by atoms with Gasteiger partial charge in [0.25, 0.3) is 0 Å². The summed E-state index contributed by atoms with van der Waals surface area (Å²) in [6, 6.07) is 7.42. The van der Waals surface area contributed by atoms with Crippen LogP contribution in [0, 0.1) is 13.8 Å². The number of aryl methyl sites for hydroxylation is 3. The molecule has 5 heteroatoms. The zero-order valence-corrected chi connectivity index (χ0v) is 13.0. The first kappa shape index (κ1) is 14.1. The molecule has 1 N–H and O–H groups in total. The normalized spacial score (nSPS) is 13.0. The van der Waals surface area contributed by atoms with Gasteiger partial charge in [0.15, 0.2) is 5.58 Å². The zero-order valence-electron chi connectivity index (χ0n) is 12.2. The molecule has 0 saturated carbocycles. The summed E-state index contributed by atoms with van der Waals surface area (Å²) >= 11 is 1.59. The Morgan fingerprint density at radius 2 is 2.10 bits per heavy atom. The predicted molar refractivity (Wildman–Crippen MR) is 84.0 cm³/mol. The summed E-state index contributed by atoms with van der Waals surface area (Å²) in [5.41, 5.74) is 3.19. The Morgan fingerprint density at radius 3 is 2.71 bits per heavy atom. The van der Waals surface area contributed by atoms with Gasteiger partial charge in [-0.1, -0.05) is 6.07 Å². The van der Waals surface area contributed by atoms with Gasteiger partial charge in [0.2, 0.25) is 0 Å². The van der Waals surface area contributed by atoms with E-state index in [2.05, 4.69) is 0 Å². The van der Waals surface area contributed by atoms with Crippen LogP contribution < -0.4 is 5.76 Å². The number of fused-ring (bicyclic) bond motifs is 1. The summed E-state index contributed by atoms with van der Waals surface area (Å²) < 4.78 is 6.82. The Balaban J connectivity index is 2.06. The highest BCUT2D eigenvalue weighted by Gasteiger charge is 2.16. The molecular formula is C16H17NO3S. The van der Waals surface area contributed by atoms with Crippen molar-refractivity contribution in [2.24, 2.45) is 0 Å². The maximum atomic E-state index is 11.7. The molecule has 0 amide bonds. The van der Waals surface area contributed by atoms with E-state index in [1.807, 2.05) is 39.0 Å². The number of thiophene rings is 1. The summed E-state index contributed by atoms with van der Waals surface area (Å²) in [6.45, 7) is 6.54. The molecule has 4 nitrogen and oxygen atoms in total. The molecule has 0 fully saturated rings. The lowest BCUT2D eigenvalue weighted by Crippen LogP contribution is -2.11. The third kappa shape index (κ3) is 2.32. The largest absolute Gasteiger partial charge is 0.419 e. The van der Waals surface area contributed by atoms with E-state index in [4.69, 9.17) is 4.42 Å². The van der Waals surface area contributed by atoms with E-state index < -0.39 is 6.10 Å². The number of aliphatic hydroxyl groups is 1. The molecule has 0 aliphatic heterocycles. The summed E-state index contributed by atoms with van der Waals surface area (Å²) in [5, 5.41) is 10.5. The minimum Gasteiger partial charge on any atom is -0.408 e. The van der Waals surface area contributed by atoms with Gasteiger partial charge in [-0.05, 0) is 50.1 Å². The number of hydrogen-bond donors (Lipinski definition) is 1. The van der Waals surface area contributed by atoms with Crippen molar-refractivity contribution in [3.8, 4) is 0 Å². The second kappa shape index (κ2) is 5.16. The molecule has 1 aromatic carbocycles. The van der Waals surface area contributed by atoms with Crippen LogP contribution >= 0.6 is 11.3 Å². The number of hydrogen-bond acceptors (Lipinski definition) is 4. The Labute approximate surface area is 126 Å². The van der Waals surface area contributed by atoms with E-state index in [9.17, 15) is 9.90 Å². The molecule has 0 aliphatic rings. The second-order valence-electron chi connectivity index (χ2n) is 5.13. The summed E-state index contributed by atoms with van der Waals surface area (Å²) in [6.07, 6.45) is -0.693. The number of aromatic nitrogens is 1. The fraction of sp³-hybridized carbons (Fsp3) is 0.312. The fourth-order valence-corrected chi connectivity index (χ4v) is 3.51. The first-order chi connectivity index (χ1) is 10.0. The zero-order chi connectivity index (χ0) is 15.1. The predicted octanol–water partition coefficient (Wildman–Crippen LogP) is 3.37. The second-order valence-corrected chi connectivity index (χ2v) is 6.42. The summed E-state index contributed by atoms with van der Waals surface area (Å²) in [7, 11) is 0. The Bertz CT molecular complexity index is 837. The van der Waals surface area contributed by atoms with Crippen LogP contribution in [0.15, 0.2) is 33.5 Å². The van der Waals surface area contributed by atoms with E-state index in [1.54, 1.807) is 22.0 Å². The maximum Gasteiger partial charge on any atom is 0.419 e. The summed E-state index contributed by atoms with van der Waals surface area (Å²) in [4.78, 5) is 13.8. The van der Waals surface area contributed by atoms with Gasteiger partial charge in [0.05, 0.1) is 5.52 Å². The lowest BCUT2D eigenvalue weighted by Gasteiger charge is -2.08. The third-order valence-corrected chi connectivity index (χ3v) is 4.98. The molecule has 110 valence electrons. The highest BCUT2D eigenvalue weighted by atomic mass is 32.1. The minimum absolute atomic E-state index is 0.359. The number of rotatable bonds is 3. The molecule has 0 spiro atoms. The molecule has 0 saturated heterocycles. The molecule has 3 aromatic rings. The maximum absolute atomic E-state index is 11.7. The molecule has 0 bridgehead atoms. The number of benzene rings is 1. The van der Waals surface area contributed by atoms with Crippen LogP contribution in [0.2, 0.25) is 0 Å². The van der Waals surface area contributed by atoms with Crippen molar-refractivity contribution in [1.29, 1.82) is 0 Å². The Hall–Kier alpha value is -1.85. The van der Waals surface area contributed by atoms with Crippen molar-refractivity contribution in [2.45, 2.75) is 33.4 Å². The van der Waals surface area contributed by atoms with Crippen molar-refractivity contribution >= 4 is 22.4 Å².